The molecule has 1 aromatic rings. The number of ether oxygens (including phenoxy) is 1. The predicted molar refractivity (Wildman–Crippen MR) is 72.1 cm³/mol. The lowest BCUT2D eigenvalue weighted by Gasteiger charge is -2.13. The Morgan fingerprint density at radius 3 is 2.94 bits per heavy atom. The maximum absolute atomic E-state index is 13.0. The van der Waals surface area contributed by atoms with Gasteiger partial charge in [-0.05, 0) is 52.9 Å². The molecule has 0 radical (unpaired) electrons. The molecule has 0 aliphatic heterocycles. The van der Waals surface area contributed by atoms with Crippen molar-refractivity contribution < 1.29 is 14.2 Å². The maximum atomic E-state index is 13.0. The monoisotopic (exact) mass is 317 g/mol. The van der Waals surface area contributed by atoms with Crippen molar-refractivity contribution in [2.75, 3.05) is 25.1 Å². The van der Waals surface area contributed by atoms with E-state index in [0.717, 1.165) is 12.3 Å². The van der Waals surface area contributed by atoms with Gasteiger partial charge >= 0.3 is 0 Å². The number of aliphatic hydroxyl groups is 1. The number of benzene rings is 1. The van der Waals surface area contributed by atoms with Gasteiger partial charge in [0.05, 0.1) is 17.2 Å². The summed E-state index contributed by atoms with van der Waals surface area (Å²) in [6.45, 7) is 1.48. The van der Waals surface area contributed by atoms with Crippen LogP contribution in [-0.4, -0.2) is 31.0 Å². The van der Waals surface area contributed by atoms with Crippen LogP contribution in [0.4, 0.5) is 10.1 Å². The van der Waals surface area contributed by atoms with Crippen LogP contribution in [0.2, 0.25) is 0 Å². The number of hydrogen-bond acceptors (Lipinski definition) is 3. The normalized spacial score (nSPS) is 16.6. The molecule has 5 heteroatoms. The van der Waals surface area contributed by atoms with Crippen molar-refractivity contribution in [3.8, 4) is 0 Å². The quantitative estimate of drug-likeness (QED) is 0.812. The predicted octanol–water partition coefficient (Wildman–Crippen LogP) is 2.79. The first-order valence-electron chi connectivity index (χ1n) is 6.10. The van der Waals surface area contributed by atoms with Crippen molar-refractivity contribution in [3.63, 3.8) is 0 Å². The highest BCUT2D eigenvalue weighted by Crippen LogP contribution is 2.28. The van der Waals surface area contributed by atoms with E-state index in [4.69, 9.17) is 4.74 Å². The summed E-state index contributed by atoms with van der Waals surface area (Å²) in [6.07, 6.45) is 1.95. The highest BCUT2D eigenvalue weighted by atomic mass is 79.9. The summed E-state index contributed by atoms with van der Waals surface area (Å²) >= 11 is 3.12. The van der Waals surface area contributed by atoms with Gasteiger partial charge in [0.1, 0.15) is 5.82 Å². The minimum atomic E-state index is -0.549. The number of hydrogen-bond donors (Lipinski definition) is 2. The van der Waals surface area contributed by atoms with Gasteiger partial charge < -0.3 is 15.2 Å². The molecular weight excluding hydrogens is 301 g/mol. The number of rotatable bonds is 7. The SMILES string of the molecule is OC(CNc1ccc(F)c(Br)c1)COCC1CC1. The molecule has 1 fully saturated rings. The lowest BCUT2D eigenvalue weighted by molar-refractivity contribution is 0.0386. The fraction of sp³-hybridized carbons (Fsp3) is 0.538. The van der Waals surface area contributed by atoms with Gasteiger partial charge in [-0.2, -0.15) is 0 Å². The fourth-order valence-corrected chi connectivity index (χ4v) is 1.93. The molecule has 18 heavy (non-hydrogen) atoms. The van der Waals surface area contributed by atoms with Gasteiger partial charge in [-0.15, -0.1) is 0 Å². The number of anilines is 1. The van der Waals surface area contributed by atoms with Crippen LogP contribution in [0.3, 0.4) is 0 Å². The molecule has 1 saturated carbocycles. The van der Waals surface area contributed by atoms with E-state index < -0.39 is 6.10 Å². The van der Waals surface area contributed by atoms with E-state index in [1.165, 1.54) is 18.9 Å². The second kappa shape index (κ2) is 6.50. The Hall–Kier alpha value is -0.650. The molecule has 0 bridgehead atoms. The minimum absolute atomic E-state index is 0.297. The number of aliphatic hydroxyl groups excluding tert-OH is 1. The first-order valence-corrected chi connectivity index (χ1v) is 6.89. The molecule has 1 aliphatic carbocycles. The smallest absolute Gasteiger partial charge is 0.137 e. The van der Waals surface area contributed by atoms with Gasteiger partial charge in [0, 0.05) is 18.8 Å². The Bertz CT molecular complexity index is 399. The van der Waals surface area contributed by atoms with Gasteiger partial charge in [0.2, 0.25) is 0 Å². The van der Waals surface area contributed by atoms with Crippen LogP contribution in [0.15, 0.2) is 22.7 Å². The van der Waals surface area contributed by atoms with Crippen LogP contribution < -0.4 is 5.32 Å². The molecule has 1 aromatic carbocycles. The Kier molecular flexibility index (Phi) is 4.97. The van der Waals surface area contributed by atoms with Crippen LogP contribution in [0.1, 0.15) is 12.8 Å². The largest absolute Gasteiger partial charge is 0.389 e. The molecule has 1 atom stereocenters. The molecule has 2 rings (SSSR count). The van der Waals surface area contributed by atoms with E-state index in [1.807, 2.05) is 0 Å². The van der Waals surface area contributed by atoms with Crippen LogP contribution in [-0.2, 0) is 4.74 Å². The average Bonchev–Trinajstić information content (AvgIpc) is 3.15. The summed E-state index contributed by atoms with van der Waals surface area (Å²) in [5, 5.41) is 12.7. The zero-order valence-electron chi connectivity index (χ0n) is 10.0. The van der Waals surface area contributed by atoms with E-state index in [2.05, 4.69) is 21.2 Å². The van der Waals surface area contributed by atoms with E-state index in [-0.39, 0.29) is 5.82 Å². The summed E-state index contributed by atoms with van der Waals surface area (Å²) in [5.41, 5.74) is 0.768. The molecule has 2 N–H and O–H groups in total. The summed E-state index contributed by atoms with van der Waals surface area (Å²) in [6, 6.07) is 4.66. The first-order chi connectivity index (χ1) is 8.65. The summed E-state index contributed by atoms with van der Waals surface area (Å²) < 4.78 is 18.8. The highest BCUT2D eigenvalue weighted by Gasteiger charge is 2.21. The van der Waals surface area contributed by atoms with Crippen molar-refractivity contribution in [1.29, 1.82) is 0 Å². The standard InChI is InChI=1S/C13H17BrFNO2/c14-12-5-10(3-4-13(12)15)16-6-11(17)8-18-7-9-1-2-9/h3-5,9,11,16-17H,1-2,6-8H2. The molecule has 0 amide bonds. The summed E-state index contributed by atoms with van der Waals surface area (Å²) in [7, 11) is 0. The lowest BCUT2D eigenvalue weighted by atomic mass is 10.3. The average molecular weight is 318 g/mol. The number of halogens is 2. The van der Waals surface area contributed by atoms with E-state index >= 15 is 0 Å². The molecular formula is C13H17BrFNO2. The van der Waals surface area contributed by atoms with Crippen molar-refractivity contribution in [1.82, 2.24) is 0 Å². The zero-order valence-corrected chi connectivity index (χ0v) is 11.6. The molecule has 0 heterocycles. The van der Waals surface area contributed by atoms with Crippen molar-refractivity contribution >= 4 is 21.6 Å². The Morgan fingerprint density at radius 2 is 2.28 bits per heavy atom. The Balaban J connectivity index is 1.67. The molecule has 0 spiro atoms. The van der Waals surface area contributed by atoms with Crippen LogP contribution >= 0.6 is 15.9 Å². The first kappa shape index (κ1) is 13.8. The van der Waals surface area contributed by atoms with Crippen LogP contribution in [0, 0.1) is 11.7 Å². The summed E-state index contributed by atoms with van der Waals surface area (Å²) in [4.78, 5) is 0. The van der Waals surface area contributed by atoms with E-state index in [0.29, 0.717) is 23.5 Å². The molecule has 1 aliphatic rings. The third-order valence-electron chi connectivity index (χ3n) is 2.82. The molecule has 1 unspecified atom stereocenters. The van der Waals surface area contributed by atoms with Crippen molar-refractivity contribution in [2.24, 2.45) is 5.92 Å². The second-order valence-corrected chi connectivity index (χ2v) is 5.50. The van der Waals surface area contributed by atoms with Gasteiger partial charge in [-0.1, -0.05) is 0 Å². The van der Waals surface area contributed by atoms with Gasteiger partial charge in [0.25, 0.3) is 0 Å². The van der Waals surface area contributed by atoms with Crippen molar-refractivity contribution in [3.05, 3.63) is 28.5 Å². The molecule has 0 saturated heterocycles. The highest BCUT2D eigenvalue weighted by molar-refractivity contribution is 9.10. The zero-order chi connectivity index (χ0) is 13.0. The maximum Gasteiger partial charge on any atom is 0.137 e. The fourth-order valence-electron chi connectivity index (χ4n) is 1.56. The topological polar surface area (TPSA) is 41.5 Å². The summed E-state index contributed by atoms with van der Waals surface area (Å²) in [5.74, 6) is 0.409. The molecule has 0 aromatic heterocycles. The van der Waals surface area contributed by atoms with Crippen LogP contribution in [0.25, 0.3) is 0 Å². The van der Waals surface area contributed by atoms with Crippen LogP contribution in [0.5, 0.6) is 0 Å². The van der Waals surface area contributed by atoms with E-state index in [9.17, 15) is 9.50 Å². The Morgan fingerprint density at radius 1 is 1.50 bits per heavy atom. The second-order valence-electron chi connectivity index (χ2n) is 4.64. The third-order valence-corrected chi connectivity index (χ3v) is 3.43. The lowest BCUT2D eigenvalue weighted by Crippen LogP contribution is -2.25. The van der Waals surface area contributed by atoms with Gasteiger partial charge in [-0.3, -0.25) is 0 Å². The number of nitrogens with one attached hydrogen (secondary N) is 1. The van der Waals surface area contributed by atoms with Gasteiger partial charge in [-0.25, -0.2) is 4.39 Å². The third kappa shape index (κ3) is 4.55. The van der Waals surface area contributed by atoms with E-state index in [1.54, 1.807) is 12.1 Å². The molecule has 100 valence electrons. The Labute approximate surface area is 114 Å². The van der Waals surface area contributed by atoms with Crippen molar-refractivity contribution in [2.45, 2.75) is 18.9 Å². The minimum Gasteiger partial charge on any atom is -0.389 e. The van der Waals surface area contributed by atoms with Gasteiger partial charge in [0.15, 0.2) is 0 Å². The molecule has 3 nitrogen and oxygen atoms in total.